The number of carbonyl (C=O) groups excluding carboxylic acids is 2. The number of amides is 1. The van der Waals surface area contributed by atoms with Crippen molar-refractivity contribution < 1.29 is 29.4 Å². The summed E-state index contributed by atoms with van der Waals surface area (Å²) in [5.74, 6) is -2.51. The molecular formula is C8H9NO6S. The minimum Gasteiger partial charge on any atom is -0.478 e. The molecule has 0 radical (unpaired) electrons. The van der Waals surface area contributed by atoms with Gasteiger partial charge < -0.3 is 15.1 Å². The number of nitrogens with zero attached hydrogens (tertiary/aromatic N) is 1. The number of hydrogen-bond acceptors (Lipinski definition) is 5. The fourth-order valence-corrected chi connectivity index (χ4v) is 1.28. The SMILES string of the molecule is CN1CC(=O)SC1=O.O=C(O)/C=C\C(=O)O. The highest BCUT2D eigenvalue weighted by molar-refractivity contribution is 8.26. The van der Waals surface area contributed by atoms with Gasteiger partial charge in [0.2, 0.25) is 5.12 Å². The van der Waals surface area contributed by atoms with Crippen molar-refractivity contribution in [3.63, 3.8) is 0 Å². The lowest BCUT2D eigenvalue weighted by atomic mass is 10.5. The summed E-state index contributed by atoms with van der Waals surface area (Å²) in [6.45, 7) is 0.267. The maximum absolute atomic E-state index is 10.5. The molecule has 7 nitrogen and oxygen atoms in total. The van der Waals surface area contributed by atoms with Gasteiger partial charge in [0.25, 0.3) is 5.24 Å². The molecule has 1 aliphatic heterocycles. The number of aliphatic carboxylic acids is 2. The first-order valence-electron chi connectivity index (χ1n) is 3.92. The molecule has 8 heteroatoms. The predicted octanol–water partition coefficient (Wildman–Crippen LogP) is 0.0234. The molecule has 88 valence electrons. The summed E-state index contributed by atoms with van der Waals surface area (Å²) in [5.41, 5.74) is 0. The molecule has 0 aromatic rings. The molecule has 0 atom stereocenters. The van der Waals surface area contributed by atoms with Crippen LogP contribution in [0.4, 0.5) is 4.79 Å². The minimum absolute atomic E-state index is 0.0579. The van der Waals surface area contributed by atoms with Crippen molar-refractivity contribution in [2.45, 2.75) is 0 Å². The standard InChI is InChI=1S/C4H5NO2S.C4H4O4/c1-5-2-3(6)8-4(5)7;5-3(6)1-2-4(7)8/h2H2,1H3;1-2H,(H,5,6)(H,7,8)/b;2-1-. The van der Waals surface area contributed by atoms with E-state index in [9.17, 15) is 19.2 Å². The van der Waals surface area contributed by atoms with Crippen LogP contribution in [0.15, 0.2) is 12.2 Å². The van der Waals surface area contributed by atoms with Gasteiger partial charge in [0.15, 0.2) is 0 Å². The van der Waals surface area contributed by atoms with Crippen LogP contribution in [0.25, 0.3) is 0 Å². The largest absolute Gasteiger partial charge is 0.478 e. The number of hydrogen-bond donors (Lipinski definition) is 2. The van der Waals surface area contributed by atoms with Crippen LogP contribution >= 0.6 is 11.8 Å². The average Bonchev–Trinajstić information content (AvgIpc) is 2.42. The molecule has 0 saturated carbocycles. The van der Waals surface area contributed by atoms with Gasteiger partial charge in [-0.15, -0.1) is 0 Å². The predicted molar refractivity (Wildman–Crippen MR) is 55.0 cm³/mol. The second-order valence-corrected chi connectivity index (χ2v) is 3.61. The quantitative estimate of drug-likeness (QED) is 0.661. The van der Waals surface area contributed by atoms with Gasteiger partial charge in [0, 0.05) is 31.0 Å². The summed E-state index contributed by atoms with van der Waals surface area (Å²) >= 11 is 0.777. The third kappa shape index (κ3) is 6.60. The van der Waals surface area contributed by atoms with Crippen molar-refractivity contribution in [3.05, 3.63) is 12.2 Å². The summed E-state index contributed by atoms with van der Waals surface area (Å²) in [6.07, 6.45) is 1.12. The van der Waals surface area contributed by atoms with Gasteiger partial charge in [-0.05, 0) is 0 Å². The van der Waals surface area contributed by atoms with E-state index >= 15 is 0 Å². The molecule has 1 saturated heterocycles. The summed E-state index contributed by atoms with van der Waals surface area (Å²) in [5, 5.41) is 15.4. The number of carboxylic acids is 2. The molecule has 1 rings (SSSR count). The Morgan fingerprint density at radius 2 is 1.69 bits per heavy atom. The molecule has 0 aliphatic carbocycles. The van der Waals surface area contributed by atoms with Crippen LogP contribution in [0.3, 0.4) is 0 Å². The first-order chi connectivity index (χ1) is 7.32. The second kappa shape index (κ2) is 6.62. The highest BCUT2D eigenvalue weighted by Gasteiger charge is 2.24. The van der Waals surface area contributed by atoms with Gasteiger partial charge >= 0.3 is 11.9 Å². The molecule has 1 heterocycles. The summed E-state index contributed by atoms with van der Waals surface area (Å²) in [7, 11) is 1.61. The fraction of sp³-hybridized carbons (Fsp3) is 0.250. The van der Waals surface area contributed by atoms with E-state index in [2.05, 4.69) is 0 Å². The Balaban J connectivity index is 0.000000281. The molecular weight excluding hydrogens is 238 g/mol. The van der Waals surface area contributed by atoms with Crippen molar-refractivity contribution in [2.75, 3.05) is 13.6 Å². The first-order valence-corrected chi connectivity index (χ1v) is 4.74. The van der Waals surface area contributed by atoms with Gasteiger partial charge in [-0.1, -0.05) is 0 Å². The topological polar surface area (TPSA) is 112 Å². The minimum atomic E-state index is -1.26. The Kier molecular flexibility index (Phi) is 5.86. The Labute approximate surface area is 94.7 Å². The van der Waals surface area contributed by atoms with Gasteiger partial charge in [0.1, 0.15) is 0 Å². The third-order valence-corrected chi connectivity index (χ3v) is 2.09. The summed E-state index contributed by atoms with van der Waals surface area (Å²) in [6, 6.07) is 0. The average molecular weight is 247 g/mol. The van der Waals surface area contributed by atoms with Gasteiger partial charge in [-0.25, -0.2) is 9.59 Å². The molecule has 0 unspecified atom stereocenters. The maximum Gasteiger partial charge on any atom is 0.328 e. The summed E-state index contributed by atoms with van der Waals surface area (Å²) in [4.78, 5) is 41.3. The molecule has 2 N–H and O–H groups in total. The lowest BCUT2D eigenvalue weighted by Crippen LogP contribution is -2.17. The molecule has 0 bridgehead atoms. The Bertz CT molecular complexity index is 334. The number of carboxylic acid groups (broad SMARTS) is 2. The fourth-order valence-electron chi connectivity index (χ4n) is 0.608. The van der Waals surface area contributed by atoms with Crippen LogP contribution in [0, 0.1) is 0 Å². The van der Waals surface area contributed by atoms with Gasteiger partial charge in [-0.3, -0.25) is 9.59 Å². The lowest BCUT2D eigenvalue weighted by Gasteiger charge is -2.00. The van der Waals surface area contributed by atoms with Crippen molar-refractivity contribution in [1.29, 1.82) is 0 Å². The number of likely N-dealkylation sites (N-methyl/N-ethyl adjacent to an activating group) is 1. The van der Waals surface area contributed by atoms with E-state index in [-0.39, 0.29) is 16.9 Å². The maximum atomic E-state index is 10.5. The molecule has 0 spiro atoms. The van der Waals surface area contributed by atoms with E-state index in [0.29, 0.717) is 12.2 Å². The lowest BCUT2D eigenvalue weighted by molar-refractivity contribution is -0.134. The molecule has 1 amide bonds. The first kappa shape index (κ1) is 14.2. The van der Waals surface area contributed by atoms with E-state index < -0.39 is 11.9 Å². The molecule has 1 aliphatic rings. The van der Waals surface area contributed by atoms with Crippen molar-refractivity contribution in [2.24, 2.45) is 0 Å². The van der Waals surface area contributed by atoms with Crippen molar-refractivity contribution >= 4 is 34.1 Å². The highest BCUT2D eigenvalue weighted by atomic mass is 32.2. The Hall–Kier alpha value is -1.83. The zero-order valence-electron chi connectivity index (χ0n) is 8.24. The zero-order chi connectivity index (χ0) is 12.7. The normalized spacial score (nSPS) is 14.9. The Morgan fingerprint density at radius 1 is 1.25 bits per heavy atom. The smallest absolute Gasteiger partial charge is 0.328 e. The van der Waals surface area contributed by atoms with Gasteiger partial charge in [0.05, 0.1) is 6.54 Å². The van der Waals surface area contributed by atoms with E-state index in [0.717, 1.165) is 11.8 Å². The molecule has 0 aromatic carbocycles. The highest BCUT2D eigenvalue weighted by Crippen LogP contribution is 2.16. The van der Waals surface area contributed by atoms with E-state index in [1.165, 1.54) is 4.90 Å². The number of rotatable bonds is 2. The molecule has 16 heavy (non-hydrogen) atoms. The summed E-state index contributed by atoms with van der Waals surface area (Å²) < 4.78 is 0. The van der Waals surface area contributed by atoms with E-state index in [1.54, 1.807) is 7.05 Å². The van der Waals surface area contributed by atoms with Crippen LogP contribution in [-0.2, 0) is 14.4 Å². The van der Waals surface area contributed by atoms with Crippen LogP contribution in [0.2, 0.25) is 0 Å². The molecule has 0 aromatic heterocycles. The Morgan fingerprint density at radius 3 is 1.81 bits per heavy atom. The van der Waals surface area contributed by atoms with Crippen LogP contribution in [-0.4, -0.2) is 51.0 Å². The van der Waals surface area contributed by atoms with E-state index in [1.807, 2.05) is 0 Å². The number of carbonyl (C=O) groups is 4. The third-order valence-electron chi connectivity index (χ3n) is 1.25. The van der Waals surface area contributed by atoms with E-state index in [4.69, 9.17) is 10.2 Å². The van der Waals surface area contributed by atoms with Crippen molar-refractivity contribution in [3.8, 4) is 0 Å². The van der Waals surface area contributed by atoms with Crippen LogP contribution in [0.1, 0.15) is 0 Å². The monoisotopic (exact) mass is 247 g/mol. The zero-order valence-corrected chi connectivity index (χ0v) is 9.06. The van der Waals surface area contributed by atoms with Crippen molar-refractivity contribution in [1.82, 2.24) is 4.90 Å². The van der Waals surface area contributed by atoms with Gasteiger partial charge in [-0.2, -0.15) is 0 Å². The second-order valence-electron chi connectivity index (χ2n) is 2.61. The molecule has 1 fully saturated rings. The van der Waals surface area contributed by atoms with Crippen LogP contribution < -0.4 is 0 Å². The van der Waals surface area contributed by atoms with Crippen LogP contribution in [0.5, 0.6) is 0 Å². The number of thioether (sulfide) groups is 1.